The summed E-state index contributed by atoms with van der Waals surface area (Å²) >= 11 is 0. The van der Waals surface area contributed by atoms with Crippen molar-refractivity contribution >= 4 is 29.5 Å². The molecule has 1 aromatic carbocycles. The highest BCUT2D eigenvalue weighted by Crippen LogP contribution is 2.76. The number of likely N-dealkylation sites (tertiary alicyclic amines) is 1. The van der Waals surface area contributed by atoms with Gasteiger partial charge in [-0.2, -0.15) is 0 Å². The number of fused-ring (bicyclic) bond motifs is 7. The molecule has 0 spiro atoms. The van der Waals surface area contributed by atoms with E-state index in [0.717, 1.165) is 50.5 Å². The second-order valence-electron chi connectivity index (χ2n) is 21.1. The Bertz CT molecular complexity index is 1830. The second kappa shape index (κ2) is 13.8. The molecule has 9 nitrogen and oxygen atoms in total. The first kappa shape index (κ1) is 40.6. The molecule has 1 heterocycles. The second-order valence-corrected chi connectivity index (χ2v) is 21.1. The number of carbonyl (C=O) groups is 4. The van der Waals surface area contributed by atoms with Crippen molar-refractivity contribution in [1.82, 2.24) is 15.5 Å². The maximum Gasteiger partial charge on any atom is 0.408 e. The highest BCUT2D eigenvalue weighted by atomic mass is 16.6. The number of carbonyl (C=O) groups excluding carboxylic acids is 3. The van der Waals surface area contributed by atoms with E-state index in [-0.39, 0.29) is 45.6 Å². The van der Waals surface area contributed by atoms with Crippen LogP contribution in [-0.2, 0) is 14.3 Å². The van der Waals surface area contributed by atoms with Gasteiger partial charge < -0.3 is 25.4 Å². The number of nitrogens with one attached hydrogen (secondary N) is 2. The SMILES string of the molecule is C=C(C)[C@@H]1CC[C@]2(NC(=O)CN3CC[C@H](NC(=O)OC(C)(C)C)C3=O)CC[C@]3(C)[C@H](CC[C@@H]4[C@@]5(C)CC=C(c6ccc(C(=O)O)cc6)C(C)(C)[C@@H]5CC[C@]43C)[C@@H]12. The van der Waals surface area contributed by atoms with Crippen molar-refractivity contribution in [3.63, 3.8) is 0 Å². The molecule has 1 aromatic rings. The number of hydrogen-bond donors (Lipinski definition) is 3. The number of allylic oxidation sites excluding steroid dienone is 3. The molecule has 0 radical (unpaired) electrons. The maximum absolute atomic E-state index is 14.0. The van der Waals surface area contributed by atoms with Gasteiger partial charge in [0, 0.05) is 12.1 Å². The van der Waals surface area contributed by atoms with Gasteiger partial charge in [-0.05, 0) is 166 Å². The minimum absolute atomic E-state index is 0.00595. The van der Waals surface area contributed by atoms with Crippen molar-refractivity contribution < 1.29 is 29.0 Å². The molecular weight excluding hydrogens is 703 g/mol. The highest BCUT2D eigenvalue weighted by Gasteiger charge is 2.70. The number of hydrogen-bond acceptors (Lipinski definition) is 5. The minimum Gasteiger partial charge on any atom is -0.478 e. The Kier molecular flexibility index (Phi) is 9.96. The summed E-state index contributed by atoms with van der Waals surface area (Å²) in [6.45, 7) is 25.1. The Balaban J connectivity index is 1.11. The van der Waals surface area contributed by atoms with Gasteiger partial charge in [0.05, 0.1) is 12.1 Å². The predicted octanol–water partition coefficient (Wildman–Crippen LogP) is 9.03. The van der Waals surface area contributed by atoms with Crippen LogP contribution in [0.25, 0.3) is 5.57 Å². The lowest BCUT2D eigenvalue weighted by Gasteiger charge is -2.72. The molecule has 6 aliphatic rings. The van der Waals surface area contributed by atoms with E-state index in [1.165, 1.54) is 24.0 Å². The normalized spacial score (nSPS) is 38.6. The van der Waals surface area contributed by atoms with E-state index in [0.29, 0.717) is 48.1 Å². The van der Waals surface area contributed by atoms with Gasteiger partial charge in [-0.15, -0.1) is 0 Å². The van der Waals surface area contributed by atoms with E-state index in [2.05, 4.69) is 64.8 Å². The first-order valence-corrected chi connectivity index (χ1v) is 21.4. The van der Waals surface area contributed by atoms with E-state index >= 15 is 0 Å². The van der Waals surface area contributed by atoms with Crippen LogP contribution in [0.4, 0.5) is 4.79 Å². The van der Waals surface area contributed by atoms with Crippen LogP contribution in [0.15, 0.2) is 42.5 Å². The zero-order valence-corrected chi connectivity index (χ0v) is 35.5. The van der Waals surface area contributed by atoms with Crippen LogP contribution in [-0.4, -0.2) is 64.2 Å². The average Bonchev–Trinajstić information content (AvgIpc) is 3.63. The zero-order valence-electron chi connectivity index (χ0n) is 35.5. The van der Waals surface area contributed by atoms with Crippen LogP contribution >= 0.6 is 0 Å². The van der Waals surface area contributed by atoms with Gasteiger partial charge in [0.15, 0.2) is 0 Å². The lowest BCUT2D eigenvalue weighted by atomic mass is 9.33. The van der Waals surface area contributed by atoms with Crippen molar-refractivity contribution in [2.75, 3.05) is 13.1 Å². The third-order valence-corrected chi connectivity index (χ3v) is 16.8. The third-order valence-electron chi connectivity index (χ3n) is 16.8. The molecule has 3 N–H and O–H groups in total. The molecule has 5 aliphatic carbocycles. The van der Waals surface area contributed by atoms with Crippen LogP contribution in [0.1, 0.15) is 142 Å². The number of carboxylic acid groups (broad SMARTS) is 1. The van der Waals surface area contributed by atoms with Gasteiger partial charge in [-0.25, -0.2) is 9.59 Å². The number of carboxylic acids is 1. The highest BCUT2D eigenvalue weighted by molar-refractivity contribution is 5.91. The summed E-state index contributed by atoms with van der Waals surface area (Å²) in [7, 11) is 0. The van der Waals surface area contributed by atoms with Crippen LogP contribution in [0.2, 0.25) is 0 Å². The molecule has 3 amide bonds. The number of alkyl carbamates (subject to hydrolysis) is 1. The van der Waals surface area contributed by atoms with Crippen LogP contribution < -0.4 is 10.6 Å². The Morgan fingerprint density at radius 2 is 1.61 bits per heavy atom. The van der Waals surface area contributed by atoms with Crippen LogP contribution in [0.3, 0.4) is 0 Å². The first-order chi connectivity index (χ1) is 26.1. The van der Waals surface area contributed by atoms with Gasteiger partial charge in [0.2, 0.25) is 11.8 Å². The smallest absolute Gasteiger partial charge is 0.408 e. The Morgan fingerprint density at radius 1 is 0.911 bits per heavy atom. The monoisotopic (exact) mass is 770 g/mol. The summed E-state index contributed by atoms with van der Waals surface area (Å²) in [6.07, 6.45) is 12.0. The van der Waals surface area contributed by atoms with Gasteiger partial charge in [0.25, 0.3) is 0 Å². The molecule has 4 saturated carbocycles. The van der Waals surface area contributed by atoms with Gasteiger partial charge in [0.1, 0.15) is 11.6 Å². The summed E-state index contributed by atoms with van der Waals surface area (Å²) in [6, 6.07) is 6.78. The number of rotatable bonds is 7. The van der Waals surface area contributed by atoms with Crippen molar-refractivity contribution in [2.24, 2.45) is 51.2 Å². The summed E-state index contributed by atoms with van der Waals surface area (Å²) in [5.74, 6) is 0.932. The molecule has 0 unspecified atom stereocenters. The number of benzene rings is 1. The summed E-state index contributed by atoms with van der Waals surface area (Å²) < 4.78 is 5.38. The van der Waals surface area contributed by atoms with E-state index < -0.39 is 23.7 Å². The Labute approximate surface area is 334 Å². The fourth-order valence-electron chi connectivity index (χ4n) is 14.2. The predicted molar refractivity (Wildman–Crippen MR) is 219 cm³/mol. The van der Waals surface area contributed by atoms with E-state index in [4.69, 9.17) is 4.74 Å². The molecule has 9 heteroatoms. The fraction of sp³-hybridized carbons (Fsp3) is 0.702. The summed E-state index contributed by atoms with van der Waals surface area (Å²) in [4.78, 5) is 53.0. The lowest BCUT2D eigenvalue weighted by molar-refractivity contribution is -0.219. The standard InChI is InChI=1S/C47H67N3O6/c1-28(2)31-17-23-47(49-37(51)27-50-26-20-34(39(50)52)48-41(55)56-42(3,4)5)25-24-45(9)33(38(31)47)15-16-36-44(8)21-18-32(29-11-13-30(14-12-29)40(53)54)43(6,7)35(44)19-22-46(36,45)10/h11-14,18,31,33-36,38H,1,15-17,19-27H2,2-10H3,(H,48,55)(H,49,51)(H,53,54)/t31-,33+,34-,35-,36+,38+,44-,45+,46+,47-/m0/s1. The number of nitrogens with zero attached hydrogens (tertiary/aromatic N) is 1. The van der Waals surface area contributed by atoms with Gasteiger partial charge in [-0.3, -0.25) is 9.59 Å². The molecule has 1 saturated heterocycles. The van der Waals surface area contributed by atoms with E-state index in [1.54, 1.807) is 37.8 Å². The largest absolute Gasteiger partial charge is 0.478 e. The van der Waals surface area contributed by atoms with E-state index in [9.17, 15) is 24.3 Å². The minimum atomic E-state index is -0.894. The quantitative estimate of drug-likeness (QED) is 0.238. The number of aromatic carboxylic acids is 1. The molecule has 0 bridgehead atoms. The summed E-state index contributed by atoms with van der Waals surface area (Å²) in [5.41, 5.74) is 3.36. The maximum atomic E-state index is 14.0. The number of amides is 3. The van der Waals surface area contributed by atoms with Gasteiger partial charge in [-0.1, -0.05) is 65.0 Å². The molecule has 5 fully saturated rings. The topological polar surface area (TPSA) is 125 Å². The summed E-state index contributed by atoms with van der Waals surface area (Å²) in [5, 5.41) is 15.8. The average molecular weight is 770 g/mol. The van der Waals surface area contributed by atoms with Crippen molar-refractivity contribution in [3.8, 4) is 0 Å². The molecular formula is C47H67N3O6. The van der Waals surface area contributed by atoms with Crippen molar-refractivity contribution in [2.45, 2.75) is 144 Å². The van der Waals surface area contributed by atoms with Crippen LogP contribution in [0, 0.1) is 51.2 Å². The molecule has 306 valence electrons. The van der Waals surface area contributed by atoms with Gasteiger partial charge >= 0.3 is 12.1 Å². The van der Waals surface area contributed by atoms with Crippen molar-refractivity contribution in [1.29, 1.82) is 0 Å². The molecule has 7 rings (SSSR count). The first-order valence-electron chi connectivity index (χ1n) is 21.4. The number of ether oxygens (including phenoxy) is 1. The van der Waals surface area contributed by atoms with Crippen molar-refractivity contribution in [3.05, 3.63) is 53.6 Å². The molecule has 10 atom stereocenters. The molecule has 0 aromatic heterocycles. The molecule has 56 heavy (non-hydrogen) atoms. The van der Waals surface area contributed by atoms with Crippen LogP contribution in [0.5, 0.6) is 0 Å². The lowest BCUT2D eigenvalue weighted by Crippen LogP contribution is -2.68. The molecule has 1 aliphatic heterocycles. The van der Waals surface area contributed by atoms with E-state index in [1.807, 2.05) is 12.1 Å². The zero-order chi connectivity index (χ0) is 40.8. The Morgan fingerprint density at radius 3 is 2.25 bits per heavy atom. The third kappa shape index (κ3) is 6.42. The Hall–Kier alpha value is -3.62. The fourth-order valence-corrected chi connectivity index (χ4v) is 14.2.